The van der Waals surface area contributed by atoms with E-state index in [9.17, 15) is 0 Å². The van der Waals surface area contributed by atoms with Crippen LogP contribution < -0.4 is 5.32 Å². The lowest BCUT2D eigenvalue weighted by molar-refractivity contribution is 0.588. The first-order valence-electron chi connectivity index (χ1n) is 6.38. The third-order valence-electron chi connectivity index (χ3n) is 2.71. The highest BCUT2D eigenvalue weighted by Gasteiger charge is 2.10. The van der Waals surface area contributed by atoms with E-state index in [-0.39, 0.29) is 0 Å². The number of nitrogens with one attached hydrogen (secondary N) is 1. The predicted molar refractivity (Wildman–Crippen MR) is 84.6 cm³/mol. The van der Waals surface area contributed by atoms with Crippen molar-refractivity contribution in [2.75, 3.05) is 6.54 Å². The van der Waals surface area contributed by atoms with E-state index in [4.69, 9.17) is 0 Å². The summed E-state index contributed by atoms with van der Waals surface area (Å²) < 4.78 is 1.07. The number of aryl methyl sites for hydroxylation is 1. The minimum absolute atomic E-state index is 0.512. The molecule has 2 rings (SSSR count). The Bertz CT molecular complexity index is 551. The van der Waals surface area contributed by atoms with E-state index < -0.39 is 0 Å². The second-order valence-corrected chi connectivity index (χ2v) is 6.76. The number of hydrogen-bond acceptors (Lipinski definition) is 4. The molecule has 1 heterocycles. The van der Waals surface area contributed by atoms with Crippen LogP contribution in [0.2, 0.25) is 0 Å². The molecule has 0 aliphatic heterocycles. The van der Waals surface area contributed by atoms with Crippen LogP contribution in [0.1, 0.15) is 24.4 Å². The lowest BCUT2D eigenvalue weighted by atomic mass is 10.1. The molecule has 0 saturated heterocycles. The summed E-state index contributed by atoms with van der Waals surface area (Å²) in [4.78, 5) is 0. The molecule has 0 spiro atoms. The van der Waals surface area contributed by atoms with Gasteiger partial charge in [-0.2, -0.15) is 0 Å². The normalized spacial score (nSPS) is 11.2. The first-order valence-corrected chi connectivity index (χ1v) is 7.99. The van der Waals surface area contributed by atoms with Gasteiger partial charge in [-0.1, -0.05) is 52.7 Å². The fourth-order valence-electron chi connectivity index (χ4n) is 1.73. The van der Waals surface area contributed by atoms with E-state index >= 15 is 0 Å². The van der Waals surface area contributed by atoms with Gasteiger partial charge in [0.1, 0.15) is 10.0 Å². The molecule has 1 aromatic carbocycles. The third-order valence-corrected chi connectivity index (χ3v) is 4.42. The predicted octanol–water partition coefficient (Wildman–Crippen LogP) is 3.82. The van der Waals surface area contributed by atoms with Crippen LogP contribution in [-0.2, 0) is 6.42 Å². The van der Waals surface area contributed by atoms with Crippen molar-refractivity contribution >= 4 is 27.3 Å². The highest BCUT2D eigenvalue weighted by Crippen LogP contribution is 2.31. The summed E-state index contributed by atoms with van der Waals surface area (Å²) in [5.74, 6) is 0. The molecule has 0 unspecified atom stereocenters. The molecule has 3 nitrogen and oxygen atoms in total. The maximum absolute atomic E-state index is 4.30. The molecule has 5 heteroatoms. The molecule has 0 amide bonds. The first-order chi connectivity index (χ1) is 9.06. The molecule has 0 saturated carbocycles. The molecular formula is C14H18BrN3S. The topological polar surface area (TPSA) is 37.8 Å². The van der Waals surface area contributed by atoms with Gasteiger partial charge in [0.05, 0.1) is 0 Å². The Balaban J connectivity index is 2.10. The monoisotopic (exact) mass is 339 g/mol. The fraction of sp³-hybridized carbons (Fsp3) is 0.429. The molecule has 0 bridgehead atoms. The standard InChI is InChI=1S/C14H18BrN3S/c1-9(2)16-7-6-13-17-18-14(19-13)11-8-10(3)4-5-12(11)15/h4-5,8-9,16H,6-7H2,1-3H3. The summed E-state index contributed by atoms with van der Waals surface area (Å²) in [6, 6.07) is 6.80. The van der Waals surface area contributed by atoms with Crippen LogP contribution in [0.3, 0.4) is 0 Å². The van der Waals surface area contributed by atoms with Crippen LogP contribution in [0.15, 0.2) is 22.7 Å². The zero-order chi connectivity index (χ0) is 13.8. The van der Waals surface area contributed by atoms with Crippen molar-refractivity contribution in [3.05, 3.63) is 33.2 Å². The summed E-state index contributed by atoms with van der Waals surface area (Å²) in [6.45, 7) is 7.33. The second-order valence-electron chi connectivity index (χ2n) is 4.84. The smallest absolute Gasteiger partial charge is 0.148 e. The number of halogens is 1. The number of hydrogen-bond donors (Lipinski definition) is 1. The van der Waals surface area contributed by atoms with Gasteiger partial charge in [-0.15, -0.1) is 10.2 Å². The van der Waals surface area contributed by atoms with Gasteiger partial charge in [-0.3, -0.25) is 0 Å². The average Bonchev–Trinajstić information content (AvgIpc) is 2.80. The number of rotatable bonds is 5. The third kappa shape index (κ3) is 4.09. The molecule has 19 heavy (non-hydrogen) atoms. The van der Waals surface area contributed by atoms with E-state index in [1.807, 2.05) is 0 Å². The zero-order valence-electron chi connectivity index (χ0n) is 11.4. The Morgan fingerprint density at radius 1 is 1.32 bits per heavy atom. The molecule has 1 N–H and O–H groups in total. The van der Waals surface area contributed by atoms with E-state index in [0.717, 1.165) is 33.0 Å². The number of benzene rings is 1. The maximum atomic E-state index is 4.30. The average molecular weight is 340 g/mol. The van der Waals surface area contributed by atoms with Gasteiger partial charge in [0.25, 0.3) is 0 Å². The Morgan fingerprint density at radius 2 is 2.11 bits per heavy atom. The Labute approximate surface area is 126 Å². The van der Waals surface area contributed by atoms with Gasteiger partial charge in [0, 0.05) is 29.0 Å². The van der Waals surface area contributed by atoms with Gasteiger partial charge < -0.3 is 5.32 Å². The molecule has 0 aliphatic rings. The van der Waals surface area contributed by atoms with Crippen molar-refractivity contribution in [3.8, 4) is 10.6 Å². The SMILES string of the molecule is Cc1ccc(Br)c(-c2nnc(CCNC(C)C)s2)c1. The summed E-state index contributed by atoms with van der Waals surface area (Å²) in [5, 5.41) is 14.0. The summed E-state index contributed by atoms with van der Waals surface area (Å²) in [7, 11) is 0. The van der Waals surface area contributed by atoms with Crippen molar-refractivity contribution < 1.29 is 0 Å². The summed E-state index contributed by atoms with van der Waals surface area (Å²) in [6.07, 6.45) is 0.930. The molecule has 0 radical (unpaired) electrons. The first kappa shape index (κ1) is 14.6. The lowest BCUT2D eigenvalue weighted by Crippen LogP contribution is -2.24. The van der Waals surface area contributed by atoms with Crippen LogP contribution in [0.25, 0.3) is 10.6 Å². The van der Waals surface area contributed by atoms with Gasteiger partial charge in [0.15, 0.2) is 0 Å². The van der Waals surface area contributed by atoms with Crippen molar-refractivity contribution in [3.63, 3.8) is 0 Å². The van der Waals surface area contributed by atoms with Crippen LogP contribution in [0.5, 0.6) is 0 Å². The van der Waals surface area contributed by atoms with Crippen LogP contribution >= 0.6 is 27.3 Å². The van der Waals surface area contributed by atoms with Crippen LogP contribution in [0, 0.1) is 6.92 Å². The van der Waals surface area contributed by atoms with Crippen molar-refractivity contribution in [1.82, 2.24) is 15.5 Å². The largest absolute Gasteiger partial charge is 0.314 e. The fourth-order valence-corrected chi connectivity index (χ4v) is 3.17. The highest BCUT2D eigenvalue weighted by atomic mass is 79.9. The van der Waals surface area contributed by atoms with Crippen molar-refractivity contribution in [2.24, 2.45) is 0 Å². The van der Waals surface area contributed by atoms with Crippen molar-refractivity contribution in [2.45, 2.75) is 33.2 Å². The van der Waals surface area contributed by atoms with Gasteiger partial charge >= 0.3 is 0 Å². The Morgan fingerprint density at radius 3 is 2.84 bits per heavy atom. The van der Waals surface area contributed by atoms with Gasteiger partial charge in [-0.25, -0.2) is 0 Å². The minimum Gasteiger partial charge on any atom is -0.314 e. The van der Waals surface area contributed by atoms with Crippen LogP contribution in [0.4, 0.5) is 0 Å². The zero-order valence-corrected chi connectivity index (χ0v) is 13.8. The molecule has 0 aliphatic carbocycles. The Hall–Kier alpha value is -0.780. The second kappa shape index (κ2) is 6.59. The molecule has 0 fully saturated rings. The van der Waals surface area contributed by atoms with E-state index in [0.29, 0.717) is 6.04 Å². The van der Waals surface area contributed by atoms with E-state index in [1.54, 1.807) is 11.3 Å². The number of nitrogens with zero attached hydrogens (tertiary/aromatic N) is 2. The summed E-state index contributed by atoms with van der Waals surface area (Å²) in [5.41, 5.74) is 2.36. The van der Waals surface area contributed by atoms with Gasteiger partial charge in [0.2, 0.25) is 0 Å². The van der Waals surface area contributed by atoms with Crippen LogP contribution in [-0.4, -0.2) is 22.8 Å². The van der Waals surface area contributed by atoms with E-state index in [1.165, 1.54) is 5.56 Å². The molecule has 102 valence electrons. The van der Waals surface area contributed by atoms with Gasteiger partial charge in [-0.05, 0) is 19.1 Å². The molecular weight excluding hydrogens is 322 g/mol. The molecule has 2 aromatic rings. The molecule has 1 aromatic heterocycles. The Kier molecular flexibility index (Phi) is 5.07. The molecule has 0 atom stereocenters. The van der Waals surface area contributed by atoms with E-state index in [2.05, 4.69) is 70.4 Å². The highest BCUT2D eigenvalue weighted by molar-refractivity contribution is 9.10. The van der Waals surface area contributed by atoms with Crippen molar-refractivity contribution in [1.29, 1.82) is 0 Å². The maximum Gasteiger partial charge on any atom is 0.148 e. The minimum atomic E-state index is 0.512. The number of aromatic nitrogens is 2. The summed E-state index contributed by atoms with van der Waals surface area (Å²) >= 11 is 5.24. The lowest BCUT2D eigenvalue weighted by Gasteiger charge is -2.05. The quantitative estimate of drug-likeness (QED) is 0.899.